The van der Waals surface area contributed by atoms with Gasteiger partial charge in [0, 0.05) is 5.56 Å². The first-order chi connectivity index (χ1) is 7.90. The number of anilines is 1. The Morgan fingerprint density at radius 3 is 2.59 bits per heavy atom. The molecule has 17 heavy (non-hydrogen) atoms. The number of aromatic amines is 1. The molecule has 2 rings (SSSR count). The second kappa shape index (κ2) is 4.43. The lowest BCUT2D eigenvalue weighted by atomic mass is 10.4. The zero-order valence-corrected chi connectivity index (χ0v) is 12.3. The van der Waals surface area contributed by atoms with Crippen LogP contribution in [0.25, 0.3) is 0 Å². The van der Waals surface area contributed by atoms with Gasteiger partial charge in [-0.2, -0.15) is 5.10 Å². The van der Waals surface area contributed by atoms with Crippen LogP contribution >= 0.6 is 27.3 Å². The lowest BCUT2D eigenvalue weighted by molar-refractivity contribution is 0.603. The van der Waals surface area contributed by atoms with Crippen molar-refractivity contribution < 1.29 is 8.42 Å². The largest absolute Gasteiger partial charge is 0.272 e. The van der Waals surface area contributed by atoms with E-state index in [-0.39, 0.29) is 4.21 Å². The highest BCUT2D eigenvalue weighted by Crippen LogP contribution is 2.31. The molecule has 0 fully saturated rings. The number of H-pyrrole nitrogens is 1. The standard InChI is InChI=1S/C9H10BrN3O2S2/c1-5-3-7(16-8(5)10)17(14,15)13-9-6(2)4-11-12-9/h3-4H,1-2H3,(H2,11,12,13). The van der Waals surface area contributed by atoms with Crippen LogP contribution in [0.1, 0.15) is 11.1 Å². The molecule has 0 aliphatic heterocycles. The number of aromatic nitrogens is 2. The summed E-state index contributed by atoms with van der Waals surface area (Å²) in [5, 5.41) is 6.37. The SMILES string of the molecule is Cc1cn[nH]c1NS(=O)(=O)c1cc(C)c(Br)s1. The predicted octanol–water partition coefficient (Wildman–Crippen LogP) is 2.65. The molecule has 0 atom stereocenters. The zero-order valence-electron chi connectivity index (χ0n) is 9.11. The number of halogens is 1. The van der Waals surface area contributed by atoms with E-state index in [1.54, 1.807) is 19.2 Å². The number of rotatable bonds is 3. The van der Waals surface area contributed by atoms with Crippen LogP contribution in [-0.4, -0.2) is 18.6 Å². The van der Waals surface area contributed by atoms with Crippen LogP contribution in [0.5, 0.6) is 0 Å². The van der Waals surface area contributed by atoms with Crippen LogP contribution in [-0.2, 0) is 10.0 Å². The average molecular weight is 336 g/mol. The molecule has 0 amide bonds. The van der Waals surface area contributed by atoms with Crippen LogP contribution in [0.2, 0.25) is 0 Å². The molecule has 0 spiro atoms. The van der Waals surface area contributed by atoms with Crippen LogP contribution < -0.4 is 4.72 Å². The zero-order chi connectivity index (χ0) is 12.6. The fourth-order valence-corrected chi connectivity index (χ4v) is 4.51. The molecule has 0 bridgehead atoms. The molecule has 0 aliphatic rings. The van der Waals surface area contributed by atoms with Gasteiger partial charge in [0.25, 0.3) is 10.0 Å². The van der Waals surface area contributed by atoms with E-state index in [9.17, 15) is 8.42 Å². The quantitative estimate of drug-likeness (QED) is 0.905. The Balaban J connectivity index is 2.35. The van der Waals surface area contributed by atoms with Gasteiger partial charge in [-0.1, -0.05) is 0 Å². The van der Waals surface area contributed by atoms with E-state index in [1.807, 2.05) is 6.92 Å². The third-order valence-corrected chi connectivity index (χ3v) is 6.12. The Kier molecular flexibility index (Phi) is 3.28. The van der Waals surface area contributed by atoms with Crippen molar-refractivity contribution in [3.63, 3.8) is 0 Å². The number of hydrogen-bond donors (Lipinski definition) is 2. The molecular formula is C9H10BrN3O2S2. The third kappa shape index (κ3) is 2.53. The summed E-state index contributed by atoms with van der Waals surface area (Å²) in [6, 6.07) is 1.63. The summed E-state index contributed by atoms with van der Waals surface area (Å²) in [6.07, 6.45) is 1.56. The van der Waals surface area contributed by atoms with Crippen LogP contribution in [0.4, 0.5) is 5.82 Å². The van der Waals surface area contributed by atoms with E-state index in [0.29, 0.717) is 5.82 Å². The van der Waals surface area contributed by atoms with Crippen molar-refractivity contribution in [2.24, 2.45) is 0 Å². The van der Waals surface area contributed by atoms with Crippen molar-refractivity contribution in [1.82, 2.24) is 10.2 Å². The summed E-state index contributed by atoms with van der Waals surface area (Å²) in [5.41, 5.74) is 1.65. The maximum atomic E-state index is 12.0. The van der Waals surface area contributed by atoms with E-state index in [2.05, 4.69) is 30.8 Å². The summed E-state index contributed by atoms with van der Waals surface area (Å²) >= 11 is 4.49. The van der Waals surface area contributed by atoms with Crippen molar-refractivity contribution in [2.45, 2.75) is 18.1 Å². The maximum Gasteiger partial charge on any atom is 0.272 e. The van der Waals surface area contributed by atoms with Gasteiger partial charge in [0.15, 0.2) is 0 Å². The maximum absolute atomic E-state index is 12.0. The molecule has 0 unspecified atom stereocenters. The monoisotopic (exact) mass is 335 g/mol. The number of thiophene rings is 1. The fraction of sp³-hybridized carbons (Fsp3) is 0.222. The minimum atomic E-state index is -3.54. The van der Waals surface area contributed by atoms with Crippen LogP contribution in [0.15, 0.2) is 20.3 Å². The molecule has 8 heteroatoms. The van der Waals surface area contributed by atoms with Crippen molar-refractivity contribution in [1.29, 1.82) is 0 Å². The second-order valence-corrected chi connectivity index (χ2v) is 7.84. The van der Waals surface area contributed by atoms with E-state index in [0.717, 1.165) is 14.9 Å². The van der Waals surface area contributed by atoms with Gasteiger partial charge in [-0.15, -0.1) is 11.3 Å². The topological polar surface area (TPSA) is 74.8 Å². The number of nitrogens with zero attached hydrogens (tertiary/aromatic N) is 1. The Labute approximate surface area is 111 Å². The molecule has 2 aromatic heterocycles. The molecule has 2 heterocycles. The summed E-state index contributed by atoms with van der Waals surface area (Å²) in [4.78, 5) is 0. The molecule has 0 saturated carbocycles. The number of sulfonamides is 1. The van der Waals surface area contributed by atoms with Crippen molar-refractivity contribution in [2.75, 3.05) is 4.72 Å². The van der Waals surface area contributed by atoms with Gasteiger partial charge in [-0.05, 0) is 41.4 Å². The summed E-state index contributed by atoms with van der Waals surface area (Å²) in [7, 11) is -3.54. The Hall–Kier alpha value is -0.860. The Bertz CT molecular complexity index is 626. The van der Waals surface area contributed by atoms with Gasteiger partial charge >= 0.3 is 0 Å². The molecular weight excluding hydrogens is 326 g/mol. The molecule has 5 nitrogen and oxygen atoms in total. The minimum Gasteiger partial charge on any atom is -0.263 e. The normalized spacial score (nSPS) is 11.7. The highest BCUT2D eigenvalue weighted by molar-refractivity contribution is 9.11. The fourth-order valence-electron chi connectivity index (χ4n) is 1.20. The number of nitrogens with one attached hydrogen (secondary N) is 2. The second-order valence-electron chi connectivity index (χ2n) is 3.56. The smallest absolute Gasteiger partial charge is 0.263 e. The molecule has 0 radical (unpaired) electrons. The first-order valence-corrected chi connectivity index (χ1v) is 7.78. The van der Waals surface area contributed by atoms with Gasteiger partial charge < -0.3 is 0 Å². The first kappa shape index (κ1) is 12.6. The van der Waals surface area contributed by atoms with Crippen molar-refractivity contribution >= 4 is 43.1 Å². The average Bonchev–Trinajstić information content (AvgIpc) is 2.76. The van der Waals surface area contributed by atoms with E-state index in [4.69, 9.17) is 0 Å². The van der Waals surface area contributed by atoms with Crippen LogP contribution in [0, 0.1) is 13.8 Å². The Morgan fingerprint density at radius 2 is 2.12 bits per heavy atom. The van der Waals surface area contributed by atoms with Gasteiger partial charge in [0.2, 0.25) is 0 Å². The summed E-state index contributed by atoms with van der Waals surface area (Å²) in [5.74, 6) is 0.396. The highest BCUT2D eigenvalue weighted by atomic mass is 79.9. The van der Waals surface area contributed by atoms with E-state index >= 15 is 0 Å². The number of aryl methyl sites for hydroxylation is 2. The van der Waals surface area contributed by atoms with E-state index in [1.165, 1.54) is 11.3 Å². The molecule has 2 N–H and O–H groups in total. The Morgan fingerprint density at radius 1 is 1.41 bits per heavy atom. The van der Waals surface area contributed by atoms with Gasteiger partial charge in [0.05, 0.1) is 9.98 Å². The molecule has 0 aliphatic carbocycles. The highest BCUT2D eigenvalue weighted by Gasteiger charge is 2.19. The van der Waals surface area contributed by atoms with Gasteiger partial charge in [-0.25, -0.2) is 8.42 Å². The third-order valence-electron chi connectivity index (χ3n) is 2.16. The first-order valence-electron chi connectivity index (χ1n) is 4.69. The molecule has 2 aromatic rings. The molecule has 0 saturated heterocycles. The van der Waals surface area contributed by atoms with Gasteiger partial charge in [-0.3, -0.25) is 9.82 Å². The van der Waals surface area contributed by atoms with Crippen molar-refractivity contribution in [3.05, 3.63) is 27.2 Å². The van der Waals surface area contributed by atoms with E-state index < -0.39 is 10.0 Å². The van der Waals surface area contributed by atoms with Crippen LogP contribution in [0.3, 0.4) is 0 Å². The number of hydrogen-bond acceptors (Lipinski definition) is 4. The van der Waals surface area contributed by atoms with Crippen molar-refractivity contribution in [3.8, 4) is 0 Å². The molecule has 92 valence electrons. The van der Waals surface area contributed by atoms with Gasteiger partial charge in [0.1, 0.15) is 10.0 Å². The predicted molar refractivity (Wildman–Crippen MR) is 70.9 cm³/mol. The summed E-state index contributed by atoms with van der Waals surface area (Å²) < 4.78 is 27.7. The lowest BCUT2D eigenvalue weighted by Gasteiger charge is -2.03. The lowest BCUT2D eigenvalue weighted by Crippen LogP contribution is -2.12. The molecule has 0 aromatic carbocycles. The summed E-state index contributed by atoms with van der Waals surface area (Å²) in [6.45, 7) is 3.62. The minimum absolute atomic E-state index is 0.274.